The van der Waals surface area contributed by atoms with Crippen LogP contribution in [0.5, 0.6) is 0 Å². The van der Waals surface area contributed by atoms with E-state index in [0.29, 0.717) is 6.04 Å². The summed E-state index contributed by atoms with van der Waals surface area (Å²) in [5.74, 6) is 0. The van der Waals surface area contributed by atoms with E-state index in [0.717, 1.165) is 30.9 Å². The van der Waals surface area contributed by atoms with Crippen molar-refractivity contribution in [3.05, 3.63) is 29.3 Å². The van der Waals surface area contributed by atoms with Crippen molar-refractivity contribution in [2.24, 2.45) is 0 Å². The lowest BCUT2D eigenvalue weighted by Crippen LogP contribution is -2.50. The van der Waals surface area contributed by atoms with Crippen LogP contribution >= 0.6 is 0 Å². The quantitative estimate of drug-likeness (QED) is 0.738. The van der Waals surface area contributed by atoms with E-state index in [9.17, 15) is 5.26 Å². The summed E-state index contributed by atoms with van der Waals surface area (Å²) >= 11 is 0. The number of para-hydroxylation sites is 1. The molecule has 1 aromatic rings. The number of hydrogen-bond acceptors (Lipinski definition) is 3. The highest BCUT2D eigenvalue weighted by molar-refractivity contribution is 5.64. The van der Waals surface area contributed by atoms with Gasteiger partial charge in [0.05, 0.1) is 11.3 Å². The Morgan fingerprint density at radius 3 is 2.76 bits per heavy atom. The molecule has 0 aromatic heterocycles. The molecular formula is C14H19N3. The molecule has 0 amide bonds. The molecule has 0 N–H and O–H groups in total. The molecule has 2 rings (SSSR count). The van der Waals surface area contributed by atoms with Crippen LogP contribution < -0.4 is 4.90 Å². The minimum absolute atomic E-state index is 0.537. The first-order valence-electron chi connectivity index (χ1n) is 6.08. The first-order chi connectivity index (χ1) is 8.13. The molecule has 0 spiro atoms. The fourth-order valence-corrected chi connectivity index (χ4v) is 2.42. The van der Waals surface area contributed by atoms with E-state index in [4.69, 9.17) is 0 Å². The van der Waals surface area contributed by atoms with E-state index in [1.807, 2.05) is 12.1 Å². The number of piperazine rings is 1. The lowest BCUT2D eigenvalue weighted by molar-refractivity contribution is 0.234. The molecule has 1 aliphatic heterocycles. The predicted molar refractivity (Wildman–Crippen MR) is 70.2 cm³/mol. The monoisotopic (exact) mass is 229 g/mol. The third kappa shape index (κ3) is 2.27. The van der Waals surface area contributed by atoms with Gasteiger partial charge in [0, 0.05) is 25.7 Å². The van der Waals surface area contributed by atoms with Crippen molar-refractivity contribution < 1.29 is 0 Å². The van der Waals surface area contributed by atoms with Gasteiger partial charge in [-0.05, 0) is 32.5 Å². The minimum atomic E-state index is 0.537. The van der Waals surface area contributed by atoms with Crippen molar-refractivity contribution >= 4 is 5.69 Å². The molecule has 0 saturated carbocycles. The van der Waals surface area contributed by atoms with Crippen LogP contribution in [-0.4, -0.2) is 37.6 Å². The highest BCUT2D eigenvalue weighted by Gasteiger charge is 2.23. The molecule has 3 heteroatoms. The lowest BCUT2D eigenvalue weighted by Gasteiger charge is -2.39. The second-order valence-electron chi connectivity index (χ2n) is 4.86. The molecule has 3 nitrogen and oxygen atoms in total. The molecule has 0 radical (unpaired) electrons. The molecule has 1 unspecified atom stereocenters. The van der Waals surface area contributed by atoms with Gasteiger partial charge in [-0.25, -0.2) is 0 Å². The van der Waals surface area contributed by atoms with Gasteiger partial charge in [-0.2, -0.15) is 5.26 Å². The summed E-state index contributed by atoms with van der Waals surface area (Å²) in [6.07, 6.45) is 0. The van der Waals surface area contributed by atoms with E-state index in [1.165, 1.54) is 5.56 Å². The van der Waals surface area contributed by atoms with Crippen LogP contribution in [0.1, 0.15) is 18.1 Å². The van der Waals surface area contributed by atoms with Crippen LogP contribution in [0.2, 0.25) is 0 Å². The highest BCUT2D eigenvalue weighted by atomic mass is 15.3. The summed E-state index contributed by atoms with van der Waals surface area (Å²) in [6, 6.07) is 8.79. The number of benzene rings is 1. The van der Waals surface area contributed by atoms with Gasteiger partial charge in [0.2, 0.25) is 0 Å². The van der Waals surface area contributed by atoms with Crippen LogP contribution in [0, 0.1) is 18.3 Å². The van der Waals surface area contributed by atoms with Crippen molar-refractivity contribution in [1.82, 2.24) is 4.90 Å². The number of nitrogens with zero attached hydrogens (tertiary/aromatic N) is 3. The van der Waals surface area contributed by atoms with Gasteiger partial charge < -0.3 is 9.80 Å². The Labute approximate surface area is 103 Å². The normalized spacial score (nSPS) is 21.3. The molecule has 1 atom stereocenters. The van der Waals surface area contributed by atoms with Crippen molar-refractivity contribution in [2.75, 3.05) is 31.6 Å². The smallest absolute Gasteiger partial charge is 0.101 e. The minimum Gasteiger partial charge on any atom is -0.367 e. The summed E-state index contributed by atoms with van der Waals surface area (Å²) < 4.78 is 0. The van der Waals surface area contributed by atoms with Gasteiger partial charge in [-0.3, -0.25) is 0 Å². The van der Waals surface area contributed by atoms with Crippen LogP contribution in [0.4, 0.5) is 5.69 Å². The third-order valence-electron chi connectivity index (χ3n) is 3.63. The zero-order chi connectivity index (χ0) is 12.4. The van der Waals surface area contributed by atoms with Crippen molar-refractivity contribution in [2.45, 2.75) is 19.9 Å². The summed E-state index contributed by atoms with van der Waals surface area (Å²) in [6.45, 7) is 7.37. The average molecular weight is 229 g/mol. The predicted octanol–water partition coefficient (Wildman–Crippen LogP) is 2.01. The first kappa shape index (κ1) is 11.9. The van der Waals surface area contributed by atoms with Crippen molar-refractivity contribution in [3.63, 3.8) is 0 Å². The van der Waals surface area contributed by atoms with E-state index in [-0.39, 0.29) is 0 Å². The molecule has 0 aliphatic carbocycles. The van der Waals surface area contributed by atoms with Crippen LogP contribution in [0.3, 0.4) is 0 Å². The Hall–Kier alpha value is -1.53. The standard InChI is InChI=1S/C14H19N3/c1-11-5-4-6-13(9-15)14(11)17-8-7-16(3)12(2)10-17/h4-6,12H,7-8,10H2,1-3H3. The Morgan fingerprint density at radius 1 is 1.35 bits per heavy atom. The number of hydrogen-bond donors (Lipinski definition) is 0. The molecular weight excluding hydrogens is 210 g/mol. The maximum Gasteiger partial charge on any atom is 0.101 e. The van der Waals surface area contributed by atoms with Gasteiger partial charge in [-0.15, -0.1) is 0 Å². The zero-order valence-electron chi connectivity index (χ0n) is 10.8. The molecule has 1 saturated heterocycles. The Morgan fingerprint density at radius 2 is 2.12 bits per heavy atom. The van der Waals surface area contributed by atoms with E-state index < -0.39 is 0 Å². The summed E-state index contributed by atoms with van der Waals surface area (Å²) in [4.78, 5) is 4.71. The summed E-state index contributed by atoms with van der Waals surface area (Å²) in [7, 11) is 2.16. The summed E-state index contributed by atoms with van der Waals surface area (Å²) in [5.41, 5.74) is 3.11. The van der Waals surface area contributed by atoms with Gasteiger partial charge in [0.1, 0.15) is 6.07 Å². The largest absolute Gasteiger partial charge is 0.367 e. The Bertz CT molecular complexity index is 447. The van der Waals surface area contributed by atoms with Crippen LogP contribution in [0.15, 0.2) is 18.2 Å². The highest BCUT2D eigenvalue weighted by Crippen LogP contribution is 2.26. The lowest BCUT2D eigenvalue weighted by atomic mass is 10.1. The molecule has 1 aliphatic rings. The molecule has 1 fully saturated rings. The van der Waals surface area contributed by atoms with E-state index in [2.05, 4.69) is 42.8 Å². The van der Waals surface area contributed by atoms with Gasteiger partial charge in [0.25, 0.3) is 0 Å². The topological polar surface area (TPSA) is 30.3 Å². The maximum absolute atomic E-state index is 9.20. The van der Waals surface area contributed by atoms with Gasteiger partial charge >= 0.3 is 0 Å². The third-order valence-corrected chi connectivity index (χ3v) is 3.63. The van der Waals surface area contributed by atoms with Crippen LogP contribution in [0.25, 0.3) is 0 Å². The second kappa shape index (κ2) is 4.77. The number of likely N-dealkylation sites (N-methyl/N-ethyl adjacent to an activating group) is 1. The zero-order valence-corrected chi connectivity index (χ0v) is 10.8. The molecule has 17 heavy (non-hydrogen) atoms. The first-order valence-corrected chi connectivity index (χ1v) is 6.08. The number of rotatable bonds is 1. The molecule has 90 valence electrons. The van der Waals surface area contributed by atoms with Gasteiger partial charge in [-0.1, -0.05) is 12.1 Å². The second-order valence-corrected chi connectivity index (χ2v) is 4.86. The van der Waals surface area contributed by atoms with Crippen molar-refractivity contribution in [1.29, 1.82) is 5.26 Å². The molecule has 1 heterocycles. The fraction of sp³-hybridized carbons (Fsp3) is 0.500. The number of anilines is 1. The fourth-order valence-electron chi connectivity index (χ4n) is 2.42. The summed E-state index contributed by atoms with van der Waals surface area (Å²) in [5, 5.41) is 9.20. The Kier molecular flexibility index (Phi) is 3.35. The molecule has 0 bridgehead atoms. The van der Waals surface area contributed by atoms with Crippen molar-refractivity contribution in [3.8, 4) is 6.07 Å². The van der Waals surface area contributed by atoms with E-state index in [1.54, 1.807) is 0 Å². The number of nitriles is 1. The molecule has 1 aromatic carbocycles. The van der Waals surface area contributed by atoms with Gasteiger partial charge in [0.15, 0.2) is 0 Å². The maximum atomic E-state index is 9.20. The Balaban J connectivity index is 2.32. The SMILES string of the molecule is Cc1cccc(C#N)c1N1CCN(C)C(C)C1. The van der Waals surface area contributed by atoms with Crippen LogP contribution in [-0.2, 0) is 0 Å². The number of aryl methyl sites for hydroxylation is 1. The average Bonchev–Trinajstić information content (AvgIpc) is 2.32. The van der Waals surface area contributed by atoms with E-state index >= 15 is 0 Å².